The van der Waals surface area contributed by atoms with Gasteiger partial charge >= 0.3 is 0 Å². The maximum atomic E-state index is 13.3. The standard InChI is InChI=1S/C13H20F2N4O2S/c1-22(20,21)19-9-11-2-5-16-18(11)6-3-12(19)8-17-7-4-13(14,15)10-17/h2,5,12H,3-4,6-10H2,1H3/t12-/m1/s1. The number of sulfonamides is 1. The van der Waals surface area contributed by atoms with Crippen molar-refractivity contribution in [2.24, 2.45) is 0 Å². The Bertz CT molecular complexity index is 646. The van der Waals surface area contributed by atoms with Crippen molar-refractivity contribution in [3.63, 3.8) is 0 Å². The normalized spacial score (nSPS) is 26.8. The van der Waals surface area contributed by atoms with E-state index < -0.39 is 15.9 Å². The van der Waals surface area contributed by atoms with Gasteiger partial charge in [-0.3, -0.25) is 9.58 Å². The summed E-state index contributed by atoms with van der Waals surface area (Å²) in [6.07, 6.45) is 3.24. The lowest BCUT2D eigenvalue weighted by Gasteiger charge is -2.30. The van der Waals surface area contributed by atoms with Crippen LogP contribution in [0.1, 0.15) is 18.5 Å². The first kappa shape index (κ1) is 15.8. The van der Waals surface area contributed by atoms with Crippen molar-refractivity contribution in [3.8, 4) is 0 Å². The molecule has 9 heteroatoms. The molecule has 0 aliphatic carbocycles. The van der Waals surface area contributed by atoms with Gasteiger partial charge in [0.2, 0.25) is 10.0 Å². The maximum absolute atomic E-state index is 13.3. The van der Waals surface area contributed by atoms with Crippen LogP contribution in [-0.4, -0.2) is 65.3 Å². The minimum Gasteiger partial charge on any atom is -0.296 e. The lowest BCUT2D eigenvalue weighted by Crippen LogP contribution is -2.45. The van der Waals surface area contributed by atoms with Crippen LogP contribution in [0.3, 0.4) is 0 Å². The summed E-state index contributed by atoms with van der Waals surface area (Å²) < 4.78 is 54.1. The molecule has 6 nitrogen and oxygen atoms in total. The van der Waals surface area contributed by atoms with Crippen LogP contribution in [0.4, 0.5) is 8.78 Å². The highest BCUT2D eigenvalue weighted by Gasteiger charge is 2.40. The highest BCUT2D eigenvalue weighted by atomic mass is 32.2. The highest BCUT2D eigenvalue weighted by Crippen LogP contribution is 2.28. The predicted molar refractivity (Wildman–Crippen MR) is 77.0 cm³/mol. The summed E-state index contributed by atoms with van der Waals surface area (Å²) in [4.78, 5) is 1.66. The van der Waals surface area contributed by atoms with Crippen LogP contribution in [0.25, 0.3) is 0 Å². The third kappa shape index (κ3) is 3.31. The quantitative estimate of drug-likeness (QED) is 0.819. The van der Waals surface area contributed by atoms with Gasteiger partial charge in [0.15, 0.2) is 0 Å². The first-order valence-electron chi connectivity index (χ1n) is 7.32. The summed E-state index contributed by atoms with van der Waals surface area (Å²) in [6.45, 7) is 1.21. The molecule has 0 unspecified atom stereocenters. The van der Waals surface area contributed by atoms with E-state index in [4.69, 9.17) is 0 Å². The van der Waals surface area contributed by atoms with Gasteiger partial charge < -0.3 is 0 Å². The lowest BCUT2D eigenvalue weighted by molar-refractivity contribution is 0.0105. The van der Waals surface area contributed by atoms with Crippen molar-refractivity contribution in [1.82, 2.24) is 19.0 Å². The topological polar surface area (TPSA) is 58.4 Å². The number of aryl methyl sites for hydroxylation is 1. The van der Waals surface area contributed by atoms with Gasteiger partial charge in [0, 0.05) is 38.3 Å². The van der Waals surface area contributed by atoms with Crippen molar-refractivity contribution < 1.29 is 17.2 Å². The summed E-state index contributed by atoms with van der Waals surface area (Å²) in [6, 6.07) is 1.50. The molecule has 1 aromatic heterocycles. The fourth-order valence-electron chi connectivity index (χ4n) is 3.23. The van der Waals surface area contributed by atoms with Gasteiger partial charge in [0.1, 0.15) is 0 Å². The van der Waals surface area contributed by atoms with Gasteiger partial charge in [-0.1, -0.05) is 0 Å². The van der Waals surface area contributed by atoms with E-state index >= 15 is 0 Å². The van der Waals surface area contributed by atoms with Crippen molar-refractivity contribution >= 4 is 10.0 Å². The Morgan fingerprint density at radius 2 is 2.18 bits per heavy atom. The molecule has 2 aliphatic rings. The summed E-state index contributed by atoms with van der Waals surface area (Å²) in [5.41, 5.74) is 0.833. The molecule has 0 N–H and O–H groups in total. The van der Waals surface area contributed by atoms with Crippen molar-refractivity contribution in [2.75, 3.05) is 25.9 Å². The highest BCUT2D eigenvalue weighted by molar-refractivity contribution is 7.88. The second kappa shape index (κ2) is 5.54. The lowest BCUT2D eigenvalue weighted by atomic mass is 10.2. The third-order valence-electron chi connectivity index (χ3n) is 4.35. The number of fused-ring (bicyclic) bond motifs is 1. The molecular weight excluding hydrogens is 314 g/mol. The molecule has 3 rings (SSSR count). The number of alkyl halides is 2. The molecule has 0 saturated carbocycles. The van der Waals surface area contributed by atoms with Gasteiger partial charge in [-0.2, -0.15) is 9.40 Å². The molecule has 3 heterocycles. The number of nitrogens with zero attached hydrogens (tertiary/aromatic N) is 4. The molecule has 2 aliphatic heterocycles. The van der Waals surface area contributed by atoms with E-state index in [-0.39, 0.29) is 25.6 Å². The van der Waals surface area contributed by atoms with Crippen LogP contribution in [0.15, 0.2) is 12.3 Å². The number of hydrogen-bond donors (Lipinski definition) is 0. The van der Waals surface area contributed by atoms with Crippen molar-refractivity contribution in [3.05, 3.63) is 18.0 Å². The van der Waals surface area contributed by atoms with Crippen LogP contribution >= 0.6 is 0 Å². The average Bonchev–Trinajstić information content (AvgIpc) is 2.92. The Balaban J connectivity index is 1.78. The van der Waals surface area contributed by atoms with Gasteiger partial charge in [0.05, 0.1) is 25.0 Å². The Labute approximate surface area is 128 Å². The summed E-state index contributed by atoms with van der Waals surface area (Å²) in [5, 5.41) is 4.18. The van der Waals surface area contributed by atoms with Gasteiger partial charge in [-0.05, 0) is 12.5 Å². The number of aromatic nitrogens is 2. The molecule has 0 bridgehead atoms. The smallest absolute Gasteiger partial charge is 0.261 e. The summed E-state index contributed by atoms with van der Waals surface area (Å²) in [5.74, 6) is -2.66. The molecule has 124 valence electrons. The third-order valence-corrected chi connectivity index (χ3v) is 5.63. The maximum Gasteiger partial charge on any atom is 0.261 e. The number of halogens is 2. The van der Waals surface area contributed by atoms with E-state index in [1.165, 1.54) is 10.6 Å². The van der Waals surface area contributed by atoms with Crippen LogP contribution in [0.2, 0.25) is 0 Å². The van der Waals surface area contributed by atoms with E-state index in [2.05, 4.69) is 5.10 Å². The number of hydrogen-bond acceptors (Lipinski definition) is 4. The number of rotatable bonds is 3. The molecule has 1 atom stereocenters. The van der Waals surface area contributed by atoms with Crippen LogP contribution in [0.5, 0.6) is 0 Å². The minimum absolute atomic E-state index is 0.153. The second-order valence-electron chi connectivity index (χ2n) is 6.14. The van der Waals surface area contributed by atoms with E-state index in [1.807, 2.05) is 0 Å². The Kier molecular flexibility index (Phi) is 3.98. The van der Waals surface area contributed by atoms with E-state index in [9.17, 15) is 17.2 Å². The van der Waals surface area contributed by atoms with Crippen LogP contribution in [0, 0.1) is 0 Å². The average molecular weight is 334 g/mol. The molecule has 0 aromatic carbocycles. The first-order valence-corrected chi connectivity index (χ1v) is 9.17. The predicted octanol–water partition coefficient (Wildman–Crippen LogP) is 0.758. The zero-order valence-electron chi connectivity index (χ0n) is 12.5. The Morgan fingerprint density at radius 3 is 2.82 bits per heavy atom. The summed E-state index contributed by atoms with van der Waals surface area (Å²) in [7, 11) is -3.41. The molecule has 0 spiro atoms. The summed E-state index contributed by atoms with van der Waals surface area (Å²) >= 11 is 0. The fourth-order valence-corrected chi connectivity index (χ4v) is 4.31. The molecule has 1 fully saturated rings. The largest absolute Gasteiger partial charge is 0.296 e. The molecule has 0 radical (unpaired) electrons. The van der Waals surface area contributed by atoms with Gasteiger partial charge in [0.25, 0.3) is 5.92 Å². The van der Waals surface area contributed by atoms with Crippen LogP contribution < -0.4 is 0 Å². The molecular formula is C13H20F2N4O2S. The van der Waals surface area contributed by atoms with E-state index in [1.54, 1.807) is 21.8 Å². The zero-order chi connectivity index (χ0) is 16.0. The Morgan fingerprint density at radius 1 is 1.41 bits per heavy atom. The molecule has 22 heavy (non-hydrogen) atoms. The molecule has 1 saturated heterocycles. The SMILES string of the molecule is CS(=O)(=O)N1Cc2ccnn2CC[C@@H]1CN1CCC(F)(F)C1. The molecule has 1 aromatic rings. The van der Waals surface area contributed by atoms with E-state index in [0.29, 0.717) is 26.1 Å². The van der Waals surface area contributed by atoms with Gasteiger partial charge in [-0.15, -0.1) is 0 Å². The Hall–Kier alpha value is -1.06. The van der Waals surface area contributed by atoms with Gasteiger partial charge in [-0.25, -0.2) is 17.2 Å². The monoisotopic (exact) mass is 334 g/mol. The first-order chi connectivity index (χ1) is 10.2. The molecule has 0 amide bonds. The fraction of sp³-hybridized carbons (Fsp3) is 0.769. The minimum atomic E-state index is -3.41. The van der Waals surface area contributed by atoms with Crippen LogP contribution in [-0.2, 0) is 23.1 Å². The zero-order valence-corrected chi connectivity index (χ0v) is 13.3. The van der Waals surface area contributed by atoms with Crippen molar-refractivity contribution in [2.45, 2.75) is 37.9 Å². The van der Waals surface area contributed by atoms with E-state index in [0.717, 1.165) is 5.69 Å². The number of likely N-dealkylation sites (tertiary alicyclic amines) is 1. The second-order valence-corrected chi connectivity index (χ2v) is 8.07. The van der Waals surface area contributed by atoms with Crippen molar-refractivity contribution in [1.29, 1.82) is 0 Å².